The summed E-state index contributed by atoms with van der Waals surface area (Å²) in [5.74, 6) is -0.122. The number of carbonyl (C=O) groups is 2. The molecule has 1 aromatic carbocycles. The molecule has 1 aliphatic heterocycles. The molecule has 0 saturated carbocycles. The second-order valence-electron chi connectivity index (χ2n) is 6.26. The van der Waals surface area contributed by atoms with Crippen LogP contribution in [0.2, 0.25) is 0 Å². The Labute approximate surface area is 153 Å². The zero-order valence-corrected chi connectivity index (χ0v) is 15.8. The normalized spacial score (nSPS) is 16.5. The van der Waals surface area contributed by atoms with Gasteiger partial charge in [-0.05, 0) is 50.2 Å². The highest BCUT2D eigenvalue weighted by Crippen LogP contribution is 2.27. The van der Waals surface area contributed by atoms with Gasteiger partial charge in [-0.1, -0.05) is 0 Å². The van der Waals surface area contributed by atoms with Crippen LogP contribution in [0.3, 0.4) is 0 Å². The van der Waals surface area contributed by atoms with Crippen LogP contribution in [0, 0.1) is 0 Å². The average molecular weight is 383 g/mol. The van der Waals surface area contributed by atoms with Gasteiger partial charge in [0, 0.05) is 24.9 Å². The SMILES string of the molecule is COc1ccc(C(=O)NCCNC(=O)C2(S(C)(=O)=O)CCNCC2)cc1. The molecule has 144 valence electrons. The largest absolute Gasteiger partial charge is 0.497 e. The summed E-state index contributed by atoms with van der Waals surface area (Å²) in [4.78, 5) is 24.6. The van der Waals surface area contributed by atoms with Gasteiger partial charge in [-0.25, -0.2) is 8.42 Å². The quantitative estimate of drug-likeness (QED) is 0.558. The number of rotatable bonds is 7. The fraction of sp³-hybridized carbons (Fsp3) is 0.529. The van der Waals surface area contributed by atoms with Gasteiger partial charge in [-0.15, -0.1) is 0 Å². The zero-order chi connectivity index (χ0) is 19.2. The number of hydrogen-bond acceptors (Lipinski definition) is 6. The van der Waals surface area contributed by atoms with Crippen molar-refractivity contribution in [3.8, 4) is 5.75 Å². The molecule has 0 aliphatic carbocycles. The van der Waals surface area contributed by atoms with Crippen molar-refractivity contribution in [1.82, 2.24) is 16.0 Å². The first-order chi connectivity index (χ1) is 12.3. The van der Waals surface area contributed by atoms with Gasteiger partial charge in [0.15, 0.2) is 14.6 Å². The van der Waals surface area contributed by atoms with Crippen molar-refractivity contribution in [3.05, 3.63) is 29.8 Å². The summed E-state index contributed by atoms with van der Waals surface area (Å²) in [6.45, 7) is 1.32. The lowest BCUT2D eigenvalue weighted by Crippen LogP contribution is -2.57. The lowest BCUT2D eigenvalue weighted by atomic mass is 9.96. The molecule has 0 atom stereocenters. The van der Waals surface area contributed by atoms with Gasteiger partial charge in [-0.2, -0.15) is 0 Å². The monoisotopic (exact) mass is 383 g/mol. The van der Waals surface area contributed by atoms with Gasteiger partial charge in [0.05, 0.1) is 7.11 Å². The van der Waals surface area contributed by atoms with Crippen molar-refractivity contribution >= 4 is 21.7 Å². The van der Waals surface area contributed by atoms with Crippen molar-refractivity contribution < 1.29 is 22.7 Å². The third kappa shape index (κ3) is 4.53. The van der Waals surface area contributed by atoms with E-state index in [9.17, 15) is 18.0 Å². The Morgan fingerprint density at radius 2 is 1.69 bits per heavy atom. The first-order valence-corrected chi connectivity index (χ1v) is 10.3. The van der Waals surface area contributed by atoms with Crippen molar-refractivity contribution in [2.45, 2.75) is 17.6 Å². The molecule has 1 heterocycles. The summed E-state index contributed by atoms with van der Waals surface area (Å²) in [5.41, 5.74) is 0.475. The van der Waals surface area contributed by atoms with Gasteiger partial charge in [-0.3, -0.25) is 9.59 Å². The molecule has 2 rings (SSSR count). The Hall–Kier alpha value is -2.13. The zero-order valence-electron chi connectivity index (χ0n) is 15.0. The van der Waals surface area contributed by atoms with Crippen molar-refractivity contribution in [2.24, 2.45) is 0 Å². The van der Waals surface area contributed by atoms with Crippen LogP contribution >= 0.6 is 0 Å². The Balaban J connectivity index is 1.86. The fourth-order valence-electron chi connectivity index (χ4n) is 2.95. The van der Waals surface area contributed by atoms with E-state index >= 15 is 0 Å². The number of sulfone groups is 1. The Kier molecular flexibility index (Phi) is 6.60. The number of ether oxygens (including phenoxy) is 1. The first kappa shape index (κ1) is 20.2. The maximum absolute atomic E-state index is 12.5. The average Bonchev–Trinajstić information content (AvgIpc) is 2.64. The van der Waals surface area contributed by atoms with Crippen LogP contribution in [0.1, 0.15) is 23.2 Å². The van der Waals surface area contributed by atoms with Crippen LogP contribution in [0.25, 0.3) is 0 Å². The Morgan fingerprint density at radius 3 is 2.23 bits per heavy atom. The molecule has 1 fully saturated rings. The highest BCUT2D eigenvalue weighted by Gasteiger charge is 2.48. The topological polar surface area (TPSA) is 114 Å². The van der Waals surface area contributed by atoms with Crippen molar-refractivity contribution in [3.63, 3.8) is 0 Å². The third-order valence-corrected chi connectivity index (χ3v) is 6.60. The molecule has 1 aliphatic rings. The Morgan fingerprint density at radius 1 is 1.12 bits per heavy atom. The van der Waals surface area contributed by atoms with E-state index in [0.717, 1.165) is 6.26 Å². The van der Waals surface area contributed by atoms with Crippen LogP contribution in [0.5, 0.6) is 5.75 Å². The minimum atomic E-state index is -3.54. The summed E-state index contributed by atoms with van der Waals surface area (Å²) in [5, 5.41) is 8.40. The number of piperidine rings is 1. The van der Waals surface area contributed by atoms with Crippen LogP contribution in [0.15, 0.2) is 24.3 Å². The van der Waals surface area contributed by atoms with E-state index in [1.165, 1.54) is 0 Å². The molecular formula is C17H25N3O5S. The first-order valence-electron chi connectivity index (χ1n) is 8.41. The number of amides is 2. The van der Waals surface area contributed by atoms with Crippen molar-refractivity contribution in [1.29, 1.82) is 0 Å². The second kappa shape index (κ2) is 8.50. The Bertz CT molecular complexity index is 740. The van der Waals surface area contributed by atoms with E-state index < -0.39 is 20.5 Å². The van der Waals surface area contributed by atoms with E-state index in [1.54, 1.807) is 31.4 Å². The molecule has 26 heavy (non-hydrogen) atoms. The molecule has 8 nitrogen and oxygen atoms in total. The van der Waals surface area contributed by atoms with Gasteiger partial charge in [0.2, 0.25) is 5.91 Å². The third-order valence-electron chi connectivity index (χ3n) is 4.58. The lowest BCUT2D eigenvalue weighted by molar-refractivity contribution is -0.124. The number of methoxy groups -OCH3 is 1. The maximum Gasteiger partial charge on any atom is 0.251 e. The smallest absolute Gasteiger partial charge is 0.251 e. The molecule has 0 bridgehead atoms. The number of hydrogen-bond donors (Lipinski definition) is 3. The summed E-state index contributed by atoms with van der Waals surface area (Å²) in [6.07, 6.45) is 1.59. The van der Waals surface area contributed by atoms with E-state index in [-0.39, 0.29) is 31.8 Å². The molecule has 0 radical (unpaired) electrons. The van der Waals surface area contributed by atoms with Crippen LogP contribution < -0.4 is 20.7 Å². The summed E-state index contributed by atoms with van der Waals surface area (Å²) >= 11 is 0. The standard InChI is InChI=1S/C17H25N3O5S/c1-25-14-5-3-13(4-6-14)15(21)19-11-12-20-16(22)17(26(2,23)24)7-9-18-10-8-17/h3-6,18H,7-12H2,1-2H3,(H,19,21)(H,20,22). The van der Waals surface area contributed by atoms with E-state index in [1.807, 2.05) is 0 Å². The fourth-order valence-corrected chi connectivity index (χ4v) is 4.31. The predicted octanol–water partition coefficient (Wildman–Crippen LogP) is -0.292. The molecule has 0 unspecified atom stereocenters. The predicted molar refractivity (Wildman–Crippen MR) is 98.0 cm³/mol. The van der Waals surface area contributed by atoms with Gasteiger partial charge >= 0.3 is 0 Å². The number of benzene rings is 1. The van der Waals surface area contributed by atoms with Gasteiger partial charge < -0.3 is 20.7 Å². The van der Waals surface area contributed by atoms with Gasteiger partial charge in [0.25, 0.3) is 5.91 Å². The van der Waals surface area contributed by atoms with E-state index in [4.69, 9.17) is 4.74 Å². The van der Waals surface area contributed by atoms with E-state index in [2.05, 4.69) is 16.0 Å². The minimum absolute atomic E-state index is 0.158. The molecule has 2 amide bonds. The number of nitrogens with one attached hydrogen (secondary N) is 3. The lowest BCUT2D eigenvalue weighted by Gasteiger charge is -2.34. The van der Waals surface area contributed by atoms with Crippen LogP contribution in [0.4, 0.5) is 0 Å². The molecular weight excluding hydrogens is 358 g/mol. The molecule has 0 spiro atoms. The summed E-state index contributed by atoms with van der Waals surface area (Å²) < 4.78 is 28.0. The highest BCUT2D eigenvalue weighted by atomic mass is 32.2. The van der Waals surface area contributed by atoms with Gasteiger partial charge in [0.1, 0.15) is 5.75 Å². The second-order valence-corrected chi connectivity index (χ2v) is 8.58. The molecule has 9 heteroatoms. The molecule has 1 saturated heterocycles. The summed E-state index contributed by atoms with van der Waals surface area (Å²) in [6, 6.07) is 6.65. The maximum atomic E-state index is 12.5. The van der Waals surface area contributed by atoms with Crippen LogP contribution in [-0.4, -0.2) is 64.5 Å². The number of carbonyl (C=O) groups excluding carboxylic acids is 2. The van der Waals surface area contributed by atoms with E-state index in [0.29, 0.717) is 24.4 Å². The molecule has 0 aromatic heterocycles. The summed E-state index contributed by atoms with van der Waals surface area (Å²) in [7, 11) is -2.00. The van der Waals surface area contributed by atoms with Crippen LogP contribution in [-0.2, 0) is 14.6 Å². The molecule has 3 N–H and O–H groups in total. The minimum Gasteiger partial charge on any atom is -0.497 e. The highest BCUT2D eigenvalue weighted by molar-refractivity contribution is 7.92. The van der Waals surface area contributed by atoms with Crippen molar-refractivity contribution in [2.75, 3.05) is 39.5 Å². The molecule has 1 aromatic rings.